The van der Waals surface area contributed by atoms with Crippen LogP contribution in [0.15, 0.2) is 30.3 Å². The van der Waals surface area contributed by atoms with E-state index in [1.54, 1.807) is 0 Å². The lowest BCUT2D eigenvalue weighted by atomic mass is 9.78. The Kier molecular flexibility index (Phi) is 3.75. The van der Waals surface area contributed by atoms with Crippen molar-refractivity contribution in [2.75, 3.05) is 0 Å². The van der Waals surface area contributed by atoms with Gasteiger partial charge < -0.3 is 0 Å². The summed E-state index contributed by atoms with van der Waals surface area (Å²) in [6.07, 6.45) is 6.37. The van der Waals surface area contributed by atoms with Gasteiger partial charge in [0.25, 0.3) is 0 Å². The van der Waals surface area contributed by atoms with E-state index in [9.17, 15) is 0 Å². The number of aryl methyl sites for hydroxylation is 1. The second kappa shape index (κ2) is 5.29. The first kappa shape index (κ1) is 10.7. The third kappa shape index (κ3) is 2.80. The maximum absolute atomic E-state index is 5.60. The van der Waals surface area contributed by atoms with Crippen LogP contribution in [0.5, 0.6) is 0 Å². The van der Waals surface area contributed by atoms with Crippen LogP contribution >= 0.6 is 0 Å². The summed E-state index contributed by atoms with van der Waals surface area (Å²) in [7, 11) is 0. The molecule has 1 unspecified atom stereocenters. The minimum Gasteiger partial charge on any atom is -0.271 e. The van der Waals surface area contributed by atoms with Crippen LogP contribution in [0.2, 0.25) is 0 Å². The van der Waals surface area contributed by atoms with E-state index in [4.69, 9.17) is 5.84 Å². The minimum absolute atomic E-state index is 0.513. The fraction of sp³-hybridized carbons (Fsp3) is 0.538. The molecule has 1 aliphatic rings. The van der Waals surface area contributed by atoms with E-state index in [1.165, 1.54) is 24.8 Å². The maximum atomic E-state index is 5.60. The van der Waals surface area contributed by atoms with Gasteiger partial charge in [-0.15, -0.1) is 0 Å². The summed E-state index contributed by atoms with van der Waals surface area (Å²) in [5.74, 6) is 6.42. The monoisotopic (exact) mass is 204 g/mol. The molecule has 0 spiro atoms. The summed E-state index contributed by atoms with van der Waals surface area (Å²) in [6.45, 7) is 0. The molecule has 0 bridgehead atoms. The Hall–Kier alpha value is -0.860. The van der Waals surface area contributed by atoms with Gasteiger partial charge >= 0.3 is 0 Å². The molecule has 0 amide bonds. The number of nitrogens with one attached hydrogen (secondary N) is 1. The van der Waals surface area contributed by atoms with Gasteiger partial charge in [-0.3, -0.25) is 11.3 Å². The van der Waals surface area contributed by atoms with Crippen molar-refractivity contribution in [2.45, 2.75) is 38.1 Å². The Morgan fingerprint density at radius 1 is 1.27 bits per heavy atom. The lowest BCUT2D eigenvalue weighted by molar-refractivity contribution is 0.221. The molecule has 2 nitrogen and oxygen atoms in total. The second-order valence-corrected chi connectivity index (χ2v) is 4.49. The molecule has 1 aromatic carbocycles. The van der Waals surface area contributed by atoms with Crippen LogP contribution < -0.4 is 11.3 Å². The zero-order valence-electron chi connectivity index (χ0n) is 9.15. The van der Waals surface area contributed by atoms with Crippen molar-refractivity contribution in [2.24, 2.45) is 11.8 Å². The van der Waals surface area contributed by atoms with Crippen LogP contribution in [-0.4, -0.2) is 6.04 Å². The summed E-state index contributed by atoms with van der Waals surface area (Å²) in [5.41, 5.74) is 4.39. The van der Waals surface area contributed by atoms with Gasteiger partial charge in [-0.25, -0.2) is 0 Å². The molecule has 2 heteroatoms. The normalized spacial score (nSPS) is 18.5. The molecule has 0 aromatic heterocycles. The van der Waals surface area contributed by atoms with E-state index in [0.717, 1.165) is 18.8 Å². The van der Waals surface area contributed by atoms with Crippen molar-refractivity contribution < 1.29 is 0 Å². The largest absolute Gasteiger partial charge is 0.271 e. The van der Waals surface area contributed by atoms with Gasteiger partial charge in [0.15, 0.2) is 0 Å². The van der Waals surface area contributed by atoms with Crippen LogP contribution in [0.25, 0.3) is 0 Å². The highest BCUT2D eigenvalue weighted by atomic mass is 15.2. The summed E-state index contributed by atoms with van der Waals surface area (Å²) in [4.78, 5) is 0. The van der Waals surface area contributed by atoms with E-state index in [-0.39, 0.29) is 0 Å². The fourth-order valence-corrected chi connectivity index (χ4v) is 2.26. The zero-order valence-corrected chi connectivity index (χ0v) is 9.15. The van der Waals surface area contributed by atoms with E-state index in [0.29, 0.717) is 6.04 Å². The van der Waals surface area contributed by atoms with Crippen molar-refractivity contribution in [3.63, 3.8) is 0 Å². The standard InChI is InChI=1S/C13H20N2/c14-15-13(12-7-4-8-12)10-9-11-5-2-1-3-6-11/h1-3,5-6,12-13,15H,4,7-10,14H2. The summed E-state index contributed by atoms with van der Waals surface area (Å²) >= 11 is 0. The molecule has 1 saturated carbocycles. The molecule has 15 heavy (non-hydrogen) atoms. The Labute approximate surface area is 91.8 Å². The number of benzene rings is 1. The Morgan fingerprint density at radius 3 is 2.53 bits per heavy atom. The van der Waals surface area contributed by atoms with Crippen LogP contribution in [0.1, 0.15) is 31.2 Å². The van der Waals surface area contributed by atoms with E-state index in [1.807, 2.05) is 0 Å². The average molecular weight is 204 g/mol. The highest BCUT2D eigenvalue weighted by molar-refractivity contribution is 5.14. The smallest absolute Gasteiger partial charge is 0.0241 e. The Balaban J connectivity index is 1.80. The quantitative estimate of drug-likeness (QED) is 0.570. The average Bonchev–Trinajstić information content (AvgIpc) is 2.23. The maximum Gasteiger partial charge on any atom is 0.0241 e. The van der Waals surface area contributed by atoms with E-state index in [2.05, 4.69) is 35.8 Å². The van der Waals surface area contributed by atoms with Crippen molar-refractivity contribution in [3.05, 3.63) is 35.9 Å². The molecular weight excluding hydrogens is 184 g/mol. The van der Waals surface area contributed by atoms with Gasteiger partial charge in [-0.1, -0.05) is 36.8 Å². The Morgan fingerprint density at radius 2 is 2.00 bits per heavy atom. The SMILES string of the molecule is NNC(CCc1ccccc1)C1CCC1. The third-order valence-electron chi connectivity index (χ3n) is 3.52. The molecule has 82 valence electrons. The Bertz CT molecular complexity index is 280. The summed E-state index contributed by atoms with van der Waals surface area (Å²) in [5, 5.41) is 0. The first-order chi connectivity index (χ1) is 7.40. The molecule has 1 aliphatic carbocycles. The predicted octanol–water partition coefficient (Wildman–Crippen LogP) is 2.25. The highest BCUT2D eigenvalue weighted by Crippen LogP contribution is 2.31. The molecule has 2 rings (SSSR count). The van der Waals surface area contributed by atoms with Gasteiger partial charge in [0, 0.05) is 6.04 Å². The van der Waals surface area contributed by atoms with E-state index >= 15 is 0 Å². The topological polar surface area (TPSA) is 38.0 Å². The van der Waals surface area contributed by atoms with Crippen molar-refractivity contribution in [1.29, 1.82) is 0 Å². The molecule has 1 aromatic rings. The molecule has 1 fully saturated rings. The van der Waals surface area contributed by atoms with Crippen LogP contribution in [0.3, 0.4) is 0 Å². The molecular formula is C13H20N2. The van der Waals surface area contributed by atoms with Gasteiger partial charge in [0.05, 0.1) is 0 Å². The number of hydrogen-bond acceptors (Lipinski definition) is 2. The predicted molar refractivity (Wildman–Crippen MR) is 63.2 cm³/mol. The third-order valence-corrected chi connectivity index (χ3v) is 3.52. The minimum atomic E-state index is 0.513. The molecule has 0 saturated heterocycles. The lowest BCUT2D eigenvalue weighted by Gasteiger charge is -2.33. The van der Waals surface area contributed by atoms with Crippen LogP contribution in [0, 0.1) is 5.92 Å². The number of nitrogens with two attached hydrogens (primary N) is 1. The lowest BCUT2D eigenvalue weighted by Crippen LogP contribution is -2.43. The first-order valence-electron chi connectivity index (χ1n) is 5.90. The molecule has 0 heterocycles. The zero-order chi connectivity index (χ0) is 10.5. The molecule has 0 aliphatic heterocycles. The number of rotatable bonds is 5. The second-order valence-electron chi connectivity index (χ2n) is 4.49. The number of hydrazine groups is 1. The van der Waals surface area contributed by atoms with Crippen molar-refractivity contribution in [1.82, 2.24) is 5.43 Å². The van der Waals surface area contributed by atoms with Crippen molar-refractivity contribution in [3.8, 4) is 0 Å². The van der Waals surface area contributed by atoms with Gasteiger partial charge in [-0.2, -0.15) is 0 Å². The van der Waals surface area contributed by atoms with Gasteiger partial charge in [0.2, 0.25) is 0 Å². The number of hydrogen-bond donors (Lipinski definition) is 2. The van der Waals surface area contributed by atoms with Crippen LogP contribution in [-0.2, 0) is 6.42 Å². The molecule has 1 atom stereocenters. The van der Waals surface area contributed by atoms with Gasteiger partial charge in [-0.05, 0) is 37.2 Å². The van der Waals surface area contributed by atoms with Crippen molar-refractivity contribution >= 4 is 0 Å². The first-order valence-corrected chi connectivity index (χ1v) is 5.90. The molecule has 3 N–H and O–H groups in total. The summed E-state index contributed by atoms with van der Waals surface area (Å²) in [6, 6.07) is 11.2. The van der Waals surface area contributed by atoms with Gasteiger partial charge in [0.1, 0.15) is 0 Å². The summed E-state index contributed by atoms with van der Waals surface area (Å²) < 4.78 is 0. The highest BCUT2D eigenvalue weighted by Gasteiger charge is 2.25. The molecule has 0 radical (unpaired) electrons. The van der Waals surface area contributed by atoms with E-state index < -0.39 is 0 Å². The van der Waals surface area contributed by atoms with Crippen LogP contribution in [0.4, 0.5) is 0 Å². The fourth-order valence-electron chi connectivity index (χ4n) is 2.26.